The molecule has 0 spiro atoms. The predicted octanol–water partition coefficient (Wildman–Crippen LogP) is 6.05. The van der Waals surface area contributed by atoms with Gasteiger partial charge in [-0.1, -0.05) is 90.3 Å². The molecular formula is C35H34N6O4S2. The number of benzene rings is 3. The van der Waals surface area contributed by atoms with Crippen LogP contribution >= 0.6 is 23.5 Å². The zero-order valence-electron chi connectivity index (χ0n) is 26.4. The first kappa shape index (κ1) is 33.4. The molecule has 47 heavy (non-hydrogen) atoms. The fraction of sp³-hybridized carbons (Fsp3) is 0.200. The molecule has 5 aromatic rings. The van der Waals surface area contributed by atoms with E-state index in [1.165, 1.54) is 30.6 Å². The maximum Gasteiger partial charge on any atom is 0.232 e. The normalized spacial score (nSPS) is 10.8. The molecule has 2 aromatic heterocycles. The van der Waals surface area contributed by atoms with Crippen LogP contribution in [0.2, 0.25) is 0 Å². The first-order valence-electron chi connectivity index (χ1n) is 14.7. The zero-order valence-corrected chi connectivity index (χ0v) is 28.0. The lowest BCUT2D eigenvalue weighted by Crippen LogP contribution is -2.42. The number of methoxy groups -OCH3 is 2. The van der Waals surface area contributed by atoms with Crippen LogP contribution in [0.5, 0.6) is 11.5 Å². The predicted molar refractivity (Wildman–Crippen MR) is 184 cm³/mol. The summed E-state index contributed by atoms with van der Waals surface area (Å²) in [6.45, 7) is 3.78. The van der Waals surface area contributed by atoms with E-state index in [0.717, 1.165) is 33.9 Å². The Kier molecular flexibility index (Phi) is 11.4. The Morgan fingerprint density at radius 1 is 0.638 bits per heavy atom. The van der Waals surface area contributed by atoms with Gasteiger partial charge in [-0.05, 0) is 43.7 Å². The number of hydrogen-bond acceptors (Lipinski definition) is 10. The second-order valence-electron chi connectivity index (χ2n) is 10.3. The molecule has 240 valence electrons. The molecule has 2 N–H and O–H groups in total. The first-order chi connectivity index (χ1) is 22.8. The summed E-state index contributed by atoms with van der Waals surface area (Å²) in [6.07, 6.45) is -0.854. The minimum Gasteiger partial charge on any atom is -0.493 e. The number of carbonyl (C=O) groups excluding carboxylic acids is 2. The van der Waals surface area contributed by atoms with Gasteiger partial charge >= 0.3 is 0 Å². The minimum atomic E-state index is -0.854. The van der Waals surface area contributed by atoms with Gasteiger partial charge in [0.05, 0.1) is 37.1 Å². The molecule has 12 heteroatoms. The molecule has 2 amide bonds. The summed E-state index contributed by atoms with van der Waals surface area (Å²) < 4.78 is 10.9. The number of nitrogens with zero attached hydrogens (tertiary/aromatic N) is 4. The SMILES string of the molecule is COc1ccc(C(NC(=O)CSc2nc(C)cc(-c3ccccc3)n2)NC(=O)CSc2nc(C)cc(-c3ccccc3)n2)cc1OC. The van der Waals surface area contributed by atoms with Crippen molar-refractivity contribution in [2.75, 3.05) is 25.7 Å². The third-order valence-corrected chi connectivity index (χ3v) is 8.52. The van der Waals surface area contributed by atoms with E-state index >= 15 is 0 Å². The second kappa shape index (κ2) is 16.1. The van der Waals surface area contributed by atoms with Gasteiger partial charge in [0.15, 0.2) is 21.8 Å². The Labute approximate surface area is 282 Å². The average molecular weight is 667 g/mol. The van der Waals surface area contributed by atoms with E-state index in [9.17, 15) is 9.59 Å². The summed E-state index contributed by atoms with van der Waals surface area (Å²) in [5.41, 5.74) is 5.68. The van der Waals surface area contributed by atoms with Crippen molar-refractivity contribution in [1.82, 2.24) is 30.6 Å². The first-order valence-corrected chi connectivity index (χ1v) is 16.7. The van der Waals surface area contributed by atoms with Crippen LogP contribution in [0, 0.1) is 13.8 Å². The van der Waals surface area contributed by atoms with Crippen molar-refractivity contribution in [1.29, 1.82) is 0 Å². The number of carbonyl (C=O) groups is 2. The summed E-state index contributed by atoms with van der Waals surface area (Å²) in [5, 5.41) is 6.84. The minimum absolute atomic E-state index is 0.0332. The van der Waals surface area contributed by atoms with Crippen LogP contribution in [0.4, 0.5) is 0 Å². The largest absolute Gasteiger partial charge is 0.493 e. The third kappa shape index (κ3) is 9.30. The number of ether oxygens (including phenoxy) is 2. The molecule has 0 saturated carbocycles. The summed E-state index contributed by atoms with van der Waals surface area (Å²) in [5.74, 6) is 0.421. The monoisotopic (exact) mass is 666 g/mol. The molecular weight excluding hydrogens is 633 g/mol. The van der Waals surface area contributed by atoms with E-state index < -0.39 is 6.17 Å². The molecule has 0 saturated heterocycles. The number of rotatable bonds is 13. The summed E-state index contributed by atoms with van der Waals surface area (Å²) in [4.78, 5) is 44.8. The number of nitrogens with one attached hydrogen (secondary N) is 2. The molecule has 0 unspecified atom stereocenters. The molecule has 10 nitrogen and oxygen atoms in total. The van der Waals surface area contributed by atoms with E-state index in [4.69, 9.17) is 9.47 Å². The fourth-order valence-corrected chi connectivity index (χ4v) is 6.06. The standard InChI is InChI=1S/C35H34N6O4S2/c1-22-17-27(24-11-7-5-8-12-24)38-34(36-22)46-20-31(42)40-33(26-15-16-29(44-3)30(19-26)45-4)41-32(43)21-47-35-37-23(2)18-28(39-35)25-13-9-6-10-14-25/h5-19,33H,20-21H2,1-4H3,(H,40,42)(H,41,43). The molecule has 0 bridgehead atoms. The highest BCUT2D eigenvalue weighted by Crippen LogP contribution is 2.30. The highest BCUT2D eigenvalue weighted by Gasteiger charge is 2.20. The molecule has 0 aliphatic heterocycles. The van der Waals surface area contributed by atoms with E-state index in [1.54, 1.807) is 25.3 Å². The van der Waals surface area contributed by atoms with Crippen LogP contribution in [-0.2, 0) is 9.59 Å². The Morgan fingerprint density at radius 2 is 1.11 bits per heavy atom. The van der Waals surface area contributed by atoms with Gasteiger partial charge in [0.2, 0.25) is 11.8 Å². The van der Waals surface area contributed by atoms with Crippen LogP contribution in [0.25, 0.3) is 22.5 Å². The number of amides is 2. The van der Waals surface area contributed by atoms with E-state index in [0.29, 0.717) is 27.4 Å². The molecule has 5 rings (SSSR count). The van der Waals surface area contributed by atoms with Crippen molar-refractivity contribution in [3.63, 3.8) is 0 Å². The topological polar surface area (TPSA) is 128 Å². The number of aryl methyl sites for hydroxylation is 2. The Bertz CT molecular complexity index is 1740. The Balaban J connectivity index is 1.28. The second-order valence-corrected chi connectivity index (χ2v) is 12.2. The van der Waals surface area contributed by atoms with Crippen molar-refractivity contribution in [3.05, 3.63) is 108 Å². The number of thioether (sulfide) groups is 2. The van der Waals surface area contributed by atoms with Crippen molar-refractivity contribution in [2.45, 2.75) is 30.3 Å². The lowest BCUT2D eigenvalue weighted by atomic mass is 10.1. The van der Waals surface area contributed by atoms with Crippen molar-refractivity contribution in [3.8, 4) is 34.0 Å². The maximum absolute atomic E-state index is 13.3. The van der Waals surface area contributed by atoms with Crippen LogP contribution in [0.3, 0.4) is 0 Å². The third-order valence-electron chi connectivity index (χ3n) is 6.82. The fourth-order valence-electron chi connectivity index (χ4n) is 4.63. The van der Waals surface area contributed by atoms with Crippen molar-refractivity contribution >= 4 is 35.3 Å². The van der Waals surface area contributed by atoms with Gasteiger partial charge in [-0.2, -0.15) is 0 Å². The van der Waals surface area contributed by atoms with Crippen molar-refractivity contribution in [2.24, 2.45) is 0 Å². The summed E-state index contributed by atoms with van der Waals surface area (Å²) in [7, 11) is 3.07. The molecule has 0 aliphatic carbocycles. The molecule has 3 aromatic carbocycles. The van der Waals surface area contributed by atoms with Crippen LogP contribution < -0.4 is 20.1 Å². The molecule has 2 heterocycles. The molecule has 0 atom stereocenters. The van der Waals surface area contributed by atoms with Gasteiger partial charge in [0, 0.05) is 22.5 Å². The van der Waals surface area contributed by atoms with Crippen LogP contribution in [0.1, 0.15) is 23.1 Å². The number of hydrogen-bond donors (Lipinski definition) is 2. The molecule has 0 radical (unpaired) electrons. The quantitative estimate of drug-likeness (QED) is 0.0871. The van der Waals surface area contributed by atoms with E-state index in [-0.39, 0.29) is 23.3 Å². The summed E-state index contributed by atoms with van der Waals surface area (Å²) in [6, 6.07) is 28.6. The smallest absolute Gasteiger partial charge is 0.232 e. The zero-order chi connectivity index (χ0) is 33.2. The van der Waals surface area contributed by atoms with Gasteiger partial charge in [0.1, 0.15) is 6.17 Å². The molecule has 0 aliphatic rings. The van der Waals surface area contributed by atoms with E-state index in [1.807, 2.05) is 86.6 Å². The highest BCUT2D eigenvalue weighted by atomic mass is 32.2. The lowest BCUT2D eigenvalue weighted by Gasteiger charge is -2.22. The highest BCUT2D eigenvalue weighted by molar-refractivity contribution is 8.00. The average Bonchev–Trinajstić information content (AvgIpc) is 3.09. The molecule has 0 fully saturated rings. The van der Waals surface area contributed by atoms with Crippen LogP contribution in [0.15, 0.2) is 101 Å². The van der Waals surface area contributed by atoms with Gasteiger partial charge in [-0.25, -0.2) is 19.9 Å². The number of aromatic nitrogens is 4. The van der Waals surface area contributed by atoms with E-state index in [2.05, 4.69) is 30.6 Å². The van der Waals surface area contributed by atoms with Crippen LogP contribution in [-0.4, -0.2) is 57.5 Å². The van der Waals surface area contributed by atoms with Gasteiger partial charge in [0.25, 0.3) is 0 Å². The Morgan fingerprint density at radius 3 is 1.55 bits per heavy atom. The van der Waals surface area contributed by atoms with Gasteiger partial charge in [-0.15, -0.1) is 0 Å². The van der Waals surface area contributed by atoms with Gasteiger partial charge in [-0.3, -0.25) is 9.59 Å². The van der Waals surface area contributed by atoms with Crippen molar-refractivity contribution < 1.29 is 19.1 Å². The Hall–Kier alpha value is -4.94. The van der Waals surface area contributed by atoms with Gasteiger partial charge < -0.3 is 20.1 Å². The maximum atomic E-state index is 13.3. The lowest BCUT2D eigenvalue weighted by molar-refractivity contribution is -0.121. The summed E-state index contributed by atoms with van der Waals surface area (Å²) >= 11 is 2.43.